The fourth-order valence-electron chi connectivity index (χ4n) is 5.10. The van der Waals surface area contributed by atoms with Gasteiger partial charge >= 0.3 is 0 Å². The zero-order valence-corrected chi connectivity index (χ0v) is 40.3. The number of hydrogen-bond donors (Lipinski definition) is 16. The molecule has 0 aromatic carbocycles. The molecule has 0 aromatic rings. The molecule has 0 aliphatic heterocycles. The number of rotatable bonds is 54. The van der Waals surface area contributed by atoms with E-state index in [9.17, 15) is 71.5 Å². The van der Waals surface area contributed by atoms with E-state index in [4.69, 9.17) is 71.8 Å². The molecule has 0 saturated carbocycles. The second-order valence-electron chi connectivity index (χ2n) is 16.2. The van der Waals surface area contributed by atoms with Gasteiger partial charge in [-0.1, -0.05) is 7.43 Å². The highest BCUT2D eigenvalue weighted by atomic mass is 16.6. The van der Waals surface area contributed by atoms with Crippen LogP contribution in [0, 0.1) is 0 Å². The van der Waals surface area contributed by atoms with Crippen LogP contribution in [0.2, 0.25) is 0 Å². The summed E-state index contributed by atoms with van der Waals surface area (Å²) in [6.07, 6.45) is -15.2. The Morgan fingerprint density at radius 3 is 0.472 bits per heavy atom. The van der Waals surface area contributed by atoms with Crippen molar-refractivity contribution < 1.29 is 143 Å². The predicted molar refractivity (Wildman–Crippen MR) is 246 cm³/mol. The van der Waals surface area contributed by atoms with Gasteiger partial charge in [-0.05, 0) is 0 Å². The second-order valence-corrected chi connectivity index (χ2v) is 16.2. The third-order valence-electron chi connectivity index (χ3n) is 9.10. The maximum absolute atomic E-state index is 9.93. The first-order valence-corrected chi connectivity index (χ1v) is 23.2. The minimum absolute atomic E-state index is 0. The van der Waals surface area contributed by atoms with Crippen LogP contribution < -0.4 is 0 Å². The molecule has 16 N–H and O–H groups in total. The normalized spacial score (nSPS) is 18.0. The number of hydrogen-bond acceptors (Lipinski definition) is 29. The molecular formula is C43H90O29. The lowest BCUT2D eigenvalue weighted by Gasteiger charge is -2.27. The molecule has 0 heterocycles. The van der Waals surface area contributed by atoms with Crippen molar-refractivity contribution in [3.05, 3.63) is 0 Å². The van der Waals surface area contributed by atoms with Crippen molar-refractivity contribution in [3.8, 4) is 0 Å². The Kier molecular flexibility index (Phi) is 50.0. The first-order chi connectivity index (χ1) is 34.2. The van der Waals surface area contributed by atoms with Gasteiger partial charge < -0.3 is 143 Å². The van der Waals surface area contributed by atoms with Crippen LogP contribution in [0.25, 0.3) is 0 Å². The fraction of sp³-hybridized carbons (Fsp3) is 1.00. The van der Waals surface area contributed by atoms with Gasteiger partial charge in [-0.3, -0.25) is 0 Å². The van der Waals surface area contributed by atoms with Crippen molar-refractivity contribution in [2.24, 2.45) is 0 Å². The highest BCUT2D eigenvalue weighted by molar-refractivity contribution is 4.69. The van der Waals surface area contributed by atoms with E-state index in [1.807, 2.05) is 0 Å². The van der Waals surface area contributed by atoms with Crippen LogP contribution in [0.4, 0.5) is 0 Å². The van der Waals surface area contributed by atoms with E-state index in [1.54, 1.807) is 0 Å². The molecule has 14 atom stereocenters. The molecule has 0 saturated heterocycles. The lowest BCUT2D eigenvalue weighted by Crippen LogP contribution is -2.39. The van der Waals surface area contributed by atoms with Crippen LogP contribution in [0.5, 0.6) is 0 Å². The average molecular weight is 1070 g/mol. The van der Waals surface area contributed by atoms with Gasteiger partial charge in [0.2, 0.25) is 0 Å². The Labute approximate surface area is 420 Å². The molecule has 72 heavy (non-hydrogen) atoms. The molecule has 0 rings (SSSR count). The largest absolute Gasteiger partial charge is 0.394 e. The van der Waals surface area contributed by atoms with Crippen LogP contribution in [-0.4, -0.2) is 352 Å². The number of aliphatic hydroxyl groups is 16. The Morgan fingerprint density at radius 1 is 0.181 bits per heavy atom. The third kappa shape index (κ3) is 42.0. The molecular weight excluding hydrogens is 980 g/mol. The standard InChI is InChI=1S/C42H86O29.CH4/c43-1-29(51)9-59-17-37(66-13-33(55)5-47)19-63-21-39(70-27-41(68-15-35(57)7-49)25-61-11-31(53)3-45)23-65-24-40(71-28-42(69-16-36(58)8-50)26-62-12-32(54)4-46)22-64-20-38(67-14-34(56)6-48)18-60-10-30(52)2-44;/h29-58H,1-28H2;1H4. The summed E-state index contributed by atoms with van der Waals surface area (Å²) < 4.78 is 74.5. The Hall–Kier alpha value is -1.16. The van der Waals surface area contributed by atoms with Gasteiger partial charge in [0.1, 0.15) is 85.5 Å². The number of ether oxygens (including phenoxy) is 13. The molecule has 436 valence electrons. The Bertz CT molecular complexity index is 1050. The van der Waals surface area contributed by atoms with E-state index in [2.05, 4.69) is 0 Å². The van der Waals surface area contributed by atoms with Crippen LogP contribution >= 0.6 is 0 Å². The summed E-state index contributed by atoms with van der Waals surface area (Å²) >= 11 is 0. The molecule has 0 spiro atoms. The molecule has 0 radical (unpaired) electrons. The predicted octanol–water partition coefficient (Wildman–Crippen LogP) is -9.12. The molecule has 0 bridgehead atoms. The summed E-state index contributed by atoms with van der Waals surface area (Å²) in [5.74, 6) is 0. The highest BCUT2D eigenvalue weighted by Crippen LogP contribution is 2.09. The maximum atomic E-state index is 9.93. The van der Waals surface area contributed by atoms with E-state index in [-0.39, 0.29) is 140 Å². The molecule has 14 unspecified atom stereocenters. The maximum Gasteiger partial charge on any atom is 0.104 e. The van der Waals surface area contributed by atoms with Crippen LogP contribution in [0.1, 0.15) is 7.43 Å². The summed E-state index contributed by atoms with van der Waals surface area (Å²) in [6, 6.07) is 0. The second kappa shape index (κ2) is 49.4. The average Bonchev–Trinajstić information content (AvgIpc) is 3.38. The fourth-order valence-corrected chi connectivity index (χ4v) is 5.10. The van der Waals surface area contributed by atoms with Gasteiger partial charge in [0.15, 0.2) is 0 Å². The van der Waals surface area contributed by atoms with Crippen molar-refractivity contribution in [3.63, 3.8) is 0 Å². The molecule has 0 aliphatic carbocycles. The van der Waals surface area contributed by atoms with E-state index >= 15 is 0 Å². The smallest absolute Gasteiger partial charge is 0.104 e. The summed E-state index contributed by atoms with van der Waals surface area (Å²) in [7, 11) is 0. The van der Waals surface area contributed by atoms with E-state index < -0.39 is 138 Å². The molecule has 29 nitrogen and oxygen atoms in total. The van der Waals surface area contributed by atoms with E-state index in [0.717, 1.165) is 0 Å². The minimum atomic E-state index is -1.26. The topological polar surface area (TPSA) is 444 Å². The molecule has 0 fully saturated rings. The summed E-state index contributed by atoms with van der Waals surface area (Å²) in [5.41, 5.74) is 0. The van der Waals surface area contributed by atoms with Gasteiger partial charge in [0, 0.05) is 0 Å². The Balaban J connectivity index is 0. The molecule has 0 aliphatic rings. The molecule has 0 amide bonds. The van der Waals surface area contributed by atoms with Crippen LogP contribution in [0.3, 0.4) is 0 Å². The van der Waals surface area contributed by atoms with Gasteiger partial charge in [0.05, 0.1) is 185 Å². The zero-order valence-electron chi connectivity index (χ0n) is 40.3. The van der Waals surface area contributed by atoms with Crippen molar-refractivity contribution in [2.75, 3.05) is 185 Å². The summed E-state index contributed by atoms with van der Waals surface area (Å²) in [6.45, 7) is -9.58. The van der Waals surface area contributed by atoms with Crippen LogP contribution in [-0.2, 0) is 61.6 Å². The van der Waals surface area contributed by atoms with Crippen molar-refractivity contribution >= 4 is 0 Å². The monoisotopic (exact) mass is 1070 g/mol. The highest BCUT2D eigenvalue weighted by Gasteiger charge is 2.24. The van der Waals surface area contributed by atoms with E-state index in [0.29, 0.717) is 0 Å². The van der Waals surface area contributed by atoms with Crippen LogP contribution in [0.15, 0.2) is 0 Å². The van der Waals surface area contributed by atoms with Gasteiger partial charge in [-0.15, -0.1) is 0 Å². The summed E-state index contributed by atoms with van der Waals surface area (Å²) in [4.78, 5) is 0. The summed E-state index contributed by atoms with van der Waals surface area (Å²) in [5, 5.41) is 152. The lowest BCUT2D eigenvalue weighted by molar-refractivity contribution is -0.150. The zero-order chi connectivity index (χ0) is 53.1. The molecule has 0 aromatic heterocycles. The third-order valence-corrected chi connectivity index (χ3v) is 9.10. The number of aliphatic hydroxyl groups excluding tert-OH is 16. The molecule has 29 heteroatoms. The minimum Gasteiger partial charge on any atom is -0.394 e. The van der Waals surface area contributed by atoms with Crippen molar-refractivity contribution in [1.29, 1.82) is 0 Å². The Morgan fingerprint density at radius 2 is 0.306 bits per heavy atom. The van der Waals surface area contributed by atoms with Crippen molar-refractivity contribution in [2.45, 2.75) is 92.9 Å². The van der Waals surface area contributed by atoms with Gasteiger partial charge in [0.25, 0.3) is 0 Å². The van der Waals surface area contributed by atoms with Gasteiger partial charge in [-0.25, -0.2) is 0 Å². The quantitative estimate of drug-likeness (QED) is 0.0269. The first kappa shape index (κ1) is 72.9. The van der Waals surface area contributed by atoms with Crippen molar-refractivity contribution in [1.82, 2.24) is 0 Å². The first-order valence-electron chi connectivity index (χ1n) is 23.2. The lowest BCUT2D eigenvalue weighted by atomic mass is 10.3. The SMILES string of the molecule is C.OCC(O)COCC(COCC(COCC(COCC(COCC(O)CO)OCC(O)CO)OCC(COCC(O)CO)OCC(O)CO)OCC(COCC(O)CO)OCC(O)CO)OCC(O)CO. The van der Waals surface area contributed by atoms with Gasteiger partial charge in [-0.2, -0.15) is 0 Å². The van der Waals surface area contributed by atoms with E-state index in [1.165, 1.54) is 0 Å².